The number of benzene rings is 2. The first-order valence-electron chi connectivity index (χ1n) is 9.80. The zero-order chi connectivity index (χ0) is 20.2. The summed E-state index contributed by atoms with van der Waals surface area (Å²) in [5.74, 6) is 0.475. The maximum absolute atomic E-state index is 13.3. The van der Waals surface area contributed by atoms with E-state index in [9.17, 15) is 9.59 Å². The number of amides is 1. The summed E-state index contributed by atoms with van der Waals surface area (Å²) >= 11 is 0. The molecule has 0 aliphatic carbocycles. The molecule has 1 atom stereocenters. The van der Waals surface area contributed by atoms with E-state index >= 15 is 0 Å². The van der Waals surface area contributed by atoms with Gasteiger partial charge < -0.3 is 19.4 Å². The average Bonchev–Trinajstić information content (AvgIpc) is 3.26. The minimum absolute atomic E-state index is 0.0101. The van der Waals surface area contributed by atoms with Gasteiger partial charge in [0.05, 0.1) is 19.8 Å². The van der Waals surface area contributed by atoms with Crippen LogP contribution in [0.3, 0.4) is 0 Å². The predicted molar refractivity (Wildman–Crippen MR) is 111 cm³/mol. The first-order chi connectivity index (χ1) is 14.1. The Morgan fingerprint density at radius 1 is 1.21 bits per heavy atom. The Kier molecular flexibility index (Phi) is 5.62. The zero-order valence-electron chi connectivity index (χ0n) is 16.4. The van der Waals surface area contributed by atoms with Crippen molar-refractivity contribution < 1.29 is 14.3 Å². The van der Waals surface area contributed by atoms with Crippen LogP contribution < -0.4 is 10.3 Å². The van der Waals surface area contributed by atoms with Crippen molar-refractivity contribution in [3.05, 3.63) is 76.1 Å². The summed E-state index contributed by atoms with van der Waals surface area (Å²) in [6.45, 7) is 1.38. The summed E-state index contributed by atoms with van der Waals surface area (Å²) in [6.07, 6.45) is 1.89. The molecule has 1 fully saturated rings. The van der Waals surface area contributed by atoms with E-state index < -0.39 is 0 Å². The first-order valence-corrected chi connectivity index (χ1v) is 9.80. The van der Waals surface area contributed by atoms with Crippen LogP contribution in [0.2, 0.25) is 0 Å². The molecule has 0 unspecified atom stereocenters. The van der Waals surface area contributed by atoms with E-state index in [1.54, 1.807) is 36.3 Å². The predicted octanol–water partition coefficient (Wildman–Crippen LogP) is 3.36. The number of aromatic amines is 1. The summed E-state index contributed by atoms with van der Waals surface area (Å²) in [6, 6.07) is 16.6. The van der Waals surface area contributed by atoms with Gasteiger partial charge in [-0.2, -0.15) is 0 Å². The van der Waals surface area contributed by atoms with Crippen molar-refractivity contribution in [2.24, 2.45) is 0 Å². The molecule has 1 aliphatic rings. The smallest absolute Gasteiger partial charge is 0.254 e. The largest absolute Gasteiger partial charge is 0.497 e. The van der Waals surface area contributed by atoms with E-state index in [1.807, 2.05) is 30.3 Å². The number of nitrogens with one attached hydrogen (secondary N) is 1. The molecule has 150 valence electrons. The molecule has 0 saturated carbocycles. The van der Waals surface area contributed by atoms with Crippen molar-refractivity contribution in [3.8, 4) is 5.75 Å². The van der Waals surface area contributed by atoms with Crippen LogP contribution in [-0.2, 0) is 11.3 Å². The highest BCUT2D eigenvalue weighted by Crippen LogP contribution is 2.20. The van der Waals surface area contributed by atoms with Gasteiger partial charge in [0.15, 0.2) is 0 Å². The number of pyridine rings is 1. The van der Waals surface area contributed by atoms with Crippen LogP contribution in [-0.4, -0.2) is 42.2 Å². The van der Waals surface area contributed by atoms with E-state index in [2.05, 4.69) is 4.98 Å². The lowest BCUT2D eigenvalue weighted by atomic mass is 10.1. The number of ether oxygens (including phenoxy) is 2. The van der Waals surface area contributed by atoms with E-state index in [-0.39, 0.29) is 24.1 Å². The quantitative estimate of drug-likeness (QED) is 0.698. The highest BCUT2D eigenvalue weighted by Gasteiger charge is 2.24. The molecule has 0 radical (unpaired) electrons. The zero-order valence-corrected chi connectivity index (χ0v) is 16.4. The minimum Gasteiger partial charge on any atom is -0.497 e. The third kappa shape index (κ3) is 4.32. The van der Waals surface area contributed by atoms with Gasteiger partial charge in [-0.3, -0.25) is 9.59 Å². The molecule has 1 N–H and O–H groups in total. The molecule has 1 aliphatic heterocycles. The Labute approximate surface area is 169 Å². The van der Waals surface area contributed by atoms with Gasteiger partial charge >= 0.3 is 0 Å². The van der Waals surface area contributed by atoms with Gasteiger partial charge in [-0.05, 0) is 48.6 Å². The average molecular weight is 392 g/mol. The second-order valence-electron chi connectivity index (χ2n) is 7.26. The number of hydrogen-bond donors (Lipinski definition) is 1. The summed E-state index contributed by atoms with van der Waals surface area (Å²) < 4.78 is 11.0. The van der Waals surface area contributed by atoms with Crippen molar-refractivity contribution in [2.45, 2.75) is 25.5 Å². The van der Waals surface area contributed by atoms with Crippen LogP contribution in [0.1, 0.15) is 28.8 Å². The Balaban J connectivity index is 1.65. The Morgan fingerprint density at radius 3 is 2.86 bits per heavy atom. The highest BCUT2D eigenvalue weighted by atomic mass is 16.5. The third-order valence-corrected chi connectivity index (χ3v) is 5.24. The first kappa shape index (κ1) is 19.2. The molecule has 2 aromatic carbocycles. The lowest BCUT2D eigenvalue weighted by molar-refractivity contribution is 0.0506. The van der Waals surface area contributed by atoms with Gasteiger partial charge in [-0.15, -0.1) is 0 Å². The number of methoxy groups -OCH3 is 1. The van der Waals surface area contributed by atoms with Crippen molar-refractivity contribution >= 4 is 16.8 Å². The molecule has 4 rings (SSSR count). The van der Waals surface area contributed by atoms with Crippen LogP contribution in [0.4, 0.5) is 0 Å². The Bertz CT molecular complexity index is 1070. The van der Waals surface area contributed by atoms with Crippen LogP contribution in [0.5, 0.6) is 5.75 Å². The Morgan fingerprint density at radius 2 is 2.07 bits per heavy atom. The lowest BCUT2D eigenvalue weighted by Gasteiger charge is -2.25. The number of nitrogens with zero attached hydrogens (tertiary/aromatic N) is 1. The van der Waals surface area contributed by atoms with Gasteiger partial charge in [0.25, 0.3) is 11.5 Å². The fourth-order valence-corrected chi connectivity index (χ4v) is 3.71. The van der Waals surface area contributed by atoms with E-state index in [0.29, 0.717) is 30.0 Å². The number of carbonyl (C=O) groups excluding carboxylic acids is 1. The fourth-order valence-electron chi connectivity index (χ4n) is 3.71. The van der Waals surface area contributed by atoms with Crippen LogP contribution in [0, 0.1) is 0 Å². The molecule has 0 bridgehead atoms. The number of para-hydroxylation sites is 1. The normalized spacial score (nSPS) is 16.1. The maximum atomic E-state index is 13.3. The molecule has 6 nitrogen and oxygen atoms in total. The van der Waals surface area contributed by atoms with Gasteiger partial charge in [0, 0.05) is 29.8 Å². The molecule has 3 aromatic rings. The summed E-state index contributed by atoms with van der Waals surface area (Å²) in [4.78, 5) is 30.5. The fraction of sp³-hybridized carbons (Fsp3) is 0.304. The molecule has 29 heavy (non-hydrogen) atoms. The molecule has 1 aromatic heterocycles. The Hall–Kier alpha value is -3.12. The summed E-state index contributed by atoms with van der Waals surface area (Å²) in [5, 5.41) is 0.938. The summed E-state index contributed by atoms with van der Waals surface area (Å²) in [7, 11) is 1.57. The number of aromatic nitrogens is 1. The van der Waals surface area contributed by atoms with Crippen LogP contribution >= 0.6 is 0 Å². The second-order valence-corrected chi connectivity index (χ2v) is 7.26. The van der Waals surface area contributed by atoms with E-state index in [0.717, 1.165) is 23.7 Å². The summed E-state index contributed by atoms with van der Waals surface area (Å²) in [5.41, 5.74) is 1.68. The van der Waals surface area contributed by atoms with Crippen LogP contribution in [0.25, 0.3) is 10.9 Å². The van der Waals surface area contributed by atoms with Crippen molar-refractivity contribution in [2.75, 3.05) is 20.3 Å². The standard InChI is InChI=1S/C23H24N2O4/c1-28-19-8-4-7-17(13-19)23(27)25(15-20-9-5-11-29-20)14-18-12-16-6-2-3-10-21(16)24-22(18)26/h2-4,6-8,10,12-13,20H,5,9,11,14-15H2,1H3,(H,24,26)/t20-/m0/s1. The molecule has 1 saturated heterocycles. The highest BCUT2D eigenvalue weighted by molar-refractivity contribution is 5.94. The third-order valence-electron chi connectivity index (χ3n) is 5.24. The minimum atomic E-state index is -0.181. The van der Waals surface area contributed by atoms with Gasteiger partial charge in [0.1, 0.15) is 5.75 Å². The van der Waals surface area contributed by atoms with Crippen molar-refractivity contribution in [1.82, 2.24) is 9.88 Å². The number of hydrogen-bond acceptors (Lipinski definition) is 4. The molecular formula is C23H24N2O4. The van der Waals surface area contributed by atoms with E-state index in [1.165, 1.54) is 0 Å². The molecular weight excluding hydrogens is 368 g/mol. The van der Waals surface area contributed by atoms with Gasteiger partial charge in [-0.25, -0.2) is 0 Å². The lowest BCUT2D eigenvalue weighted by Crippen LogP contribution is -2.38. The monoisotopic (exact) mass is 392 g/mol. The number of carbonyl (C=O) groups is 1. The topological polar surface area (TPSA) is 71.6 Å². The molecule has 2 heterocycles. The van der Waals surface area contributed by atoms with Crippen molar-refractivity contribution in [3.63, 3.8) is 0 Å². The second kappa shape index (κ2) is 8.49. The maximum Gasteiger partial charge on any atom is 0.254 e. The van der Waals surface area contributed by atoms with E-state index in [4.69, 9.17) is 9.47 Å². The molecule has 6 heteroatoms. The van der Waals surface area contributed by atoms with Crippen molar-refractivity contribution in [1.29, 1.82) is 0 Å². The molecule has 0 spiro atoms. The number of H-pyrrole nitrogens is 1. The SMILES string of the molecule is COc1cccc(C(=O)N(Cc2cc3ccccc3[nH]c2=O)C[C@@H]2CCCO2)c1. The number of fused-ring (bicyclic) bond motifs is 1. The van der Waals surface area contributed by atoms with Crippen LogP contribution in [0.15, 0.2) is 59.4 Å². The molecule has 1 amide bonds. The van der Waals surface area contributed by atoms with Gasteiger partial charge in [-0.1, -0.05) is 24.3 Å². The number of rotatable bonds is 6. The van der Waals surface area contributed by atoms with Gasteiger partial charge in [0.2, 0.25) is 0 Å².